The summed E-state index contributed by atoms with van der Waals surface area (Å²) in [5.41, 5.74) is 0.0784. The molecule has 7 nitrogen and oxygen atoms in total. The van der Waals surface area contributed by atoms with E-state index in [1.54, 1.807) is 26.0 Å². The lowest BCUT2D eigenvalue weighted by Crippen LogP contribution is -2.52. The van der Waals surface area contributed by atoms with Crippen molar-refractivity contribution in [3.63, 3.8) is 0 Å². The normalized spacial score (nSPS) is 16.8. The summed E-state index contributed by atoms with van der Waals surface area (Å²) >= 11 is 1.21. The molecule has 1 amide bonds. The Morgan fingerprint density at radius 3 is 2.57 bits per heavy atom. The van der Waals surface area contributed by atoms with Crippen LogP contribution in [0.4, 0.5) is 0 Å². The van der Waals surface area contributed by atoms with Crippen LogP contribution in [0.25, 0.3) is 11.5 Å². The Morgan fingerprint density at radius 1 is 1.29 bits per heavy atom. The minimum atomic E-state index is -0.701. The molecule has 1 heterocycles. The van der Waals surface area contributed by atoms with Gasteiger partial charge in [-0.05, 0) is 44.0 Å². The predicted molar refractivity (Wildman–Crippen MR) is 106 cm³/mol. The summed E-state index contributed by atoms with van der Waals surface area (Å²) in [7, 11) is 3.33. The first-order chi connectivity index (χ1) is 13.5. The highest BCUT2D eigenvalue weighted by atomic mass is 32.2. The number of nitriles is 1. The maximum Gasteiger partial charge on any atom is 0.277 e. The van der Waals surface area contributed by atoms with E-state index >= 15 is 0 Å². The number of carbonyl (C=O) groups is 1. The second-order valence-corrected chi connectivity index (χ2v) is 8.26. The summed E-state index contributed by atoms with van der Waals surface area (Å²) < 4.78 is 10.8. The third kappa shape index (κ3) is 4.14. The Balaban J connectivity index is 1.67. The van der Waals surface area contributed by atoms with Crippen molar-refractivity contribution in [2.75, 3.05) is 14.2 Å². The van der Waals surface area contributed by atoms with E-state index in [1.165, 1.54) is 11.8 Å². The summed E-state index contributed by atoms with van der Waals surface area (Å²) in [5.74, 6) is 1.03. The molecule has 1 atom stereocenters. The molecule has 0 spiro atoms. The molecule has 28 heavy (non-hydrogen) atoms. The van der Waals surface area contributed by atoms with Gasteiger partial charge in [-0.2, -0.15) is 5.26 Å². The van der Waals surface area contributed by atoms with E-state index in [9.17, 15) is 10.1 Å². The fraction of sp³-hybridized carbons (Fsp3) is 0.500. The van der Waals surface area contributed by atoms with Crippen molar-refractivity contribution in [3.8, 4) is 23.3 Å². The Labute approximate surface area is 169 Å². The molecule has 1 saturated carbocycles. The molecule has 0 N–H and O–H groups in total. The molecule has 0 saturated heterocycles. The molecule has 0 radical (unpaired) electrons. The first-order valence-corrected chi connectivity index (χ1v) is 10.2. The van der Waals surface area contributed by atoms with Gasteiger partial charge in [0.05, 0.1) is 18.4 Å². The van der Waals surface area contributed by atoms with Gasteiger partial charge in [0.25, 0.3) is 5.22 Å². The monoisotopic (exact) mass is 400 g/mol. The number of carbonyl (C=O) groups excluding carboxylic acids is 1. The number of amides is 1. The van der Waals surface area contributed by atoms with E-state index in [0.29, 0.717) is 11.1 Å². The molecule has 1 fully saturated rings. The summed E-state index contributed by atoms with van der Waals surface area (Å²) in [6, 6.07) is 9.70. The molecule has 2 aromatic rings. The van der Waals surface area contributed by atoms with Crippen LogP contribution < -0.4 is 4.74 Å². The van der Waals surface area contributed by atoms with E-state index in [1.807, 2.05) is 24.3 Å². The largest absolute Gasteiger partial charge is 0.497 e. The Morgan fingerprint density at radius 2 is 1.96 bits per heavy atom. The number of rotatable bonds is 6. The fourth-order valence-electron chi connectivity index (χ4n) is 3.45. The molecule has 1 aromatic carbocycles. The third-order valence-corrected chi connectivity index (χ3v) is 6.15. The van der Waals surface area contributed by atoms with Crippen LogP contribution in [-0.4, -0.2) is 46.0 Å². The SMILES string of the molecule is COc1ccc(-c2nnc(S[C@H](C)C(=O)N(C)C3(C#N)CCCCC3)o2)cc1. The molecule has 8 heteroatoms. The number of methoxy groups -OCH3 is 1. The van der Waals surface area contributed by atoms with Gasteiger partial charge in [-0.3, -0.25) is 4.79 Å². The second-order valence-electron chi connectivity index (χ2n) is 6.96. The number of aromatic nitrogens is 2. The summed E-state index contributed by atoms with van der Waals surface area (Å²) in [6.45, 7) is 1.80. The average Bonchev–Trinajstić information content (AvgIpc) is 3.21. The van der Waals surface area contributed by atoms with Crippen LogP contribution in [0.3, 0.4) is 0 Å². The molecular weight excluding hydrogens is 376 g/mol. The smallest absolute Gasteiger partial charge is 0.277 e. The summed E-state index contributed by atoms with van der Waals surface area (Å²) in [4.78, 5) is 14.5. The first-order valence-electron chi connectivity index (χ1n) is 9.32. The zero-order chi connectivity index (χ0) is 20.1. The molecule has 1 aliphatic carbocycles. The van der Waals surface area contributed by atoms with E-state index < -0.39 is 10.8 Å². The summed E-state index contributed by atoms with van der Waals surface area (Å²) in [5, 5.41) is 17.7. The first kappa shape index (κ1) is 20.2. The van der Waals surface area contributed by atoms with Crippen LogP contribution in [0, 0.1) is 11.3 Å². The van der Waals surface area contributed by atoms with Crippen LogP contribution in [0.5, 0.6) is 5.75 Å². The Kier molecular flexibility index (Phi) is 6.25. The standard InChI is InChI=1S/C20H24N4O3S/c1-14(18(25)24(2)20(13-21)11-5-4-6-12-20)28-19-23-22-17(27-19)15-7-9-16(26-3)10-8-15/h7-10,14H,4-6,11-12H2,1-3H3/t14-/m1/s1. The van der Waals surface area contributed by atoms with E-state index in [-0.39, 0.29) is 5.91 Å². The molecule has 1 aromatic heterocycles. The van der Waals surface area contributed by atoms with Crippen molar-refractivity contribution in [1.82, 2.24) is 15.1 Å². The Hall–Kier alpha value is -2.53. The number of thioether (sulfide) groups is 1. The van der Waals surface area contributed by atoms with Gasteiger partial charge in [0.15, 0.2) is 0 Å². The van der Waals surface area contributed by atoms with Crippen LogP contribution in [0.15, 0.2) is 33.9 Å². The minimum absolute atomic E-state index is 0.0994. The van der Waals surface area contributed by atoms with Gasteiger partial charge >= 0.3 is 0 Å². The number of hydrogen-bond donors (Lipinski definition) is 0. The van der Waals surface area contributed by atoms with Gasteiger partial charge in [-0.15, -0.1) is 10.2 Å². The molecule has 148 valence electrons. The number of benzene rings is 1. The minimum Gasteiger partial charge on any atom is -0.497 e. The zero-order valence-electron chi connectivity index (χ0n) is 16.3. The molecular formula is C20H24N4O3S. The van der Waals surface area contributed by atoms with Crippen molar-refractivity contribution in [2.24, 2.45) is 0 Å². The third-order valence-electron chi connectivity index (χ3n) is 5.23. The van der Waals surface area contributed by atoms with Crippen molar-refractivity contribution in [3.05, 3.63) is 24.3 Å². The van der Waals surface area contributed by atoms with E-state index in [2.05, 4.69) is 16.3 Å². The molecule has 1 aliphatic rings. The van der Waals surface area contributed by atoms with Gasteiger partial charge < -0.3 is 14.1 Å². The van der Waals surface area contributed by atoms with Crippen LogP contribution in [-0.2, 0) is 4.79 Å². The molecule has 0 bridgehead atoms. The van der Waals surface area contributed by atoms with E-state index in [0.717, 1.165) is 43.4 Å². The lowest BCUT2D eigenvalue weighted by molar-refractivity contribution is -0.133. The Bertz CT molecular complexity index is 853. The van der Waals surface area contributed by atoms with Gasteiger partial charge in [0.2, 0.25) is 11.8 Å². The van der Waals surface area contributed by atoms with Crippen molar-refractivity contribution < 1.29 is 13.9 Å². The number of nitrogens with zero attached hydrogens (tertiary/aromatic N) is 4. The second kappa shape index (κ2) is 8.65. The fourth-order valence-corrected chi connectivity index (χ4v) is 4.23. The highest BCUT2D eigenvalue weighted by molar-refractivity contribution is 8.00. The zero-order valence-corrected chi connectivity index (χ0v) is 17.2. The average molecular weight is 401 g/mol. The van der Waals surface area contributed by atoms with Gasteiger partial charge in [0, 0.05) is 12.6 Å². The predicted octanol–water partition coefficient (Wildman–Crippen LogP) is 3.91. The molecule has 0 unspecified atom stereocenters. The highest BCUT2D eigenvalue weighted by Gasteiger charge is 2.40. The highest BCUT2D eigenvalue weighted by Crippen LogP contribution is 2.34. The topological polar surface area (TPSA) is 92.3 Å². The van der Waals surface area contributed by atoms with Gasteiger partial charge in [0.1, 0.15) is 11.3 Å². The van der Waals surface area contributed by atoms with Crippen molar-refractivity contribution in [2.45, 2.75) is 55.0 Å². The van der Waals surface area contributed by atoms with Crippen molar-refractivity contribution in [1.29, 1.82) is 5.26 Å². The molecule has 3 rings (SSSR count). The quantitative estimate of drug-likeness (QED) is 0.679. The number of ether oxygens (including phenoxy) is 1. The lowest BCUT2D eigenvalue weighted by atomic mass is 9.81. The van der Waals surface area contributed by atoms with Crippen LogP contribution in [0.2, 0.25) is 0 Å². The maximum absolute atomic E-state index is 12.9. The van der Waals surface area contributed by atoms with Crippen LogP contribution in [0.1, 0.15) is 39.0 Å². The maximum atomic E-state index is 12.9. The molecule has 0 aliphatic heterocycles. The van der Waals surface area contributed by atoms with Crippen molar-refractivity contribution >= 4 is 17.7 Å². The lowest BCUT2D eigenvalue weighted by Gasteiger charge is -2.39. The van der Waals surface area contributed by atoms with Crippen LogP contribution >= 0.6 is 11.8 Å². The van der Waals surface area contributed by atoms with Gasteiger partial charge in [-0.25, -0.2) is 0 Å². The number of hydrogen-bond acceptors (Lipinski definition) is 7. The van der Waals surface area contributed by atoms with E-state index in [4.69, 9.17) is 9.15 Å². The summed E-state index contributed by atoms with van der Waals surface area (Å²) in [6.07, 6.45) is 4.52. The van der Waals surface area contributed by atoms with Gasteiger partial charge in [-0.1, -0.05) is 31.0 Å².